The van der Waals surface area contributed by atoms with Crippen molar-refractivity contribution in [2.75, 3.05) is 58.9 Å². The normalized spacial score (nSPS) is 23.6. The minimum absolute atomic E-state index is 0.276. The Hall–Kier alpha value is -2.88. The third-order valence-electron chi connectivity index (χ3n) is 7.77. The van der Waals surface area contributed by atoms with E-state index in [0.29, 0.717) is 19.7 Å². The number of nitrogens with one attached hydrogen (secondary N) is 1. The van der Waals surface area contributed by atoms with Gasteiger partial charge in [0, 0.05) is 61.3 Å². The van der Waals surface area contributed by atoms with E-state index in [1.165, 1.54) is 4.31 Å². The molecule has 0 saturated carbocycles. The fraction of sp³-hybridized carbons (Fsp3) is 0.444. The zero-order valence-electron chi connectivity index (χ0n) is 21.3. The second-order valence-electron chi connectivity index (χ2n) is 9.86. The Kier molecular flexibility index (Phi) is 6.57. The molecule has 36 heavy (non-hydrogen) atoms. The molecule has 2 saturated heterocycles. The number of pyridine rings is 1. The second kappa shape index (κ2) is 9.53. The van der Waals surface area contributed by atoms with Crippen LogP contribution in [0.2, 0.25) is 0 Å². The van der Waals surface area contributed by atoms with Crippen LogP contribution < -0.4 is 19.7 Å². The summed E-state index contributed by atoms with van der Waals surface area (Å²) < 4.78 is 38.4. The van der Waals surface area contributed by atoms with Crippen molar-refractivity contribution in [1.82, 2.24) is 14.6 Å². The standard InChI is InChI=1S/C27H34N4O4S/c1-19-27(17-30(3)36(19,32)33)11-13-31(18-27)26-16-24(29-25-15-22(34-4)9-10-23(25)26)20-5-7-21(8-6-20)35-14-12-28-2/h5-10,15-16,19,28H,11-14,17-18H2,1-4H3. The third-order valence-corrected chi connectivity index (χ3v) is 10.2. The number of benzene rings is 2. The molecule has 5 rings (SSSR count). The first-order chi connectivity index (χ1) is 17.3. The molecule has 2 fully saturated rings. The SMILES string of the molecule is CNCCOc1ccc(-c2cc(N3CCC4(C3)CN(C)S(=O)(=O)C4C)c3ccc(OC)cc3n2)cc1. The van der Waals surface area contributed by atoms with Crippen LogP contribution in [0, 0.1) is 5.41 Å². The molecule has 3 aromatic rings. The third kappa shape index (κ3) is 4.29. The Morgan fingerprint density at radius 1 is 1.11 bits per heavy atom. The maximum atomic E-state index is 12.8. The molecule has 2 aromatic carbocycles. The van der Waals surface area contributed by atoms with Crippen molar-refractivity contribution in [2.24, 2.45) is 5.41 Å². The lowest BCUT2D eigenvalue weighted by Crippen LogP contribution is -2.36. The van der Waals surface area contributed by atoms with Crippen molar-refractivity contribution >= 4 is 26.6 Å². The summed E-state index contributed by atoms with van der Waals surface area (Å²) in [5.74, 6) is 1.57. The number of ether oxygens (including phenoxy) is 2. The van der Waals surface area contributed by atoms with E-state index in [-0.39, 0.29) is 5.41 Å². The first-order valence-electron chi connectivity index (χ1n) is 12.3. The molecule has 0 aliphatic carbocycles. The molecule has 0 radical (unpaired) electrons. The first-order valence-corrected chi connectivity index (χ1v) is 13.8. The summed E-state index contributed by atoms with van der Waals surface area (Å²) in [6.07, 6.45) is 0.839. The van der Waals surface area contributed by atoms with Gasteiger partial charge in [-0.05, 0) is 62.9 Å². The number of anilines is 1. The number of fused-ring (bicyclic) bond motifs is 1. The predicted molar refractivity (Wildman–Crippen MR) is 143 cm³/mol. The van der Waals surface area contributed by atoms with Gasteiger partial charge in [0.15, 0.2) is 0 Å². The van der Waals surface area contributed by atoms with Crippen molar-refractivity contribution in [2.45, 2.75) is 18.6 Å². The number of aromatic nitrogens is 1. The van der Waals surface area contributed by atoms with Gasteiger partial charge in [-0.2, -0.15) is 0 Å². The molecule has 0 bridgehead atoms. The largest absolute Gasteiger partial charge is 0.497 e. The Bertz CT molecular complexity index is 1360. The summed E-state index contributed by atoms with van der Waals surface area (Å²) in [4.78, 5) is 7.30. The molecule has 1 aromatic heterocycles. The van der Waals surface area contributed by atoms with Crippen LogP contribution in [0.4, 0.5) is 5.69 Å². The summed E-state index contributed by atoms with van der Waals surface area (Å²) >= 11 is 0. The van der Waals surface area contributed by atoms with Crippen molar-refractivity contribution in [3.8, 4) is 22.8 Å². The maximum absolute atomic E-state index is 12.8. The summed E-state index contributed by atoms with van der Waals surface area (Å²) in [6, 6.07) is 16.1. The number of hydrogen-bond acceptors (Lipinski definition) is 7. The van der Waals surface area contributed by atoms with E-state index >= 15 is 0 Å². The average molecular weight is 511 g/mol. The molecule has 2 aliphatic rings. The van der Waals surface area contributed by atoms with Crippen LogP contribution in [0.25, 0.3) is 22.2 Å². The fourth-order valence-corrected chi connectivity index (χ4v) is 7.41. The summed E-state index contributed by atoms with van der Waals surface area (Å²) in [7, 11) is 2.00. The van der Waals surface area contributed by atoms with E-state index in [4.69, 9.17) is 14.5 Å². The zero-order chi connectivity index (χ0) is 25.5. The van der Waals surface area contributed by atoms with E-state index in [0.717, 1.165) is 58.9 Å². The van der Waals surface area contributed by atoms with Crippen LogP contribution in [-0.4, -0.2) is 76.9 Å². The van der Waals surface area contributed by atoms with Gasteiger partial charge in [0.25, 0.3) is 0 Å². The molecule has 2 aliphatic heterocycles. The van der Waals surface area contributed by atoms with Crippen LogP contribution in [0.1, 0.15) is 13.3 Å². The van der Waals surface area contributed by atoms with Gasteiger partial charge in [0.1, 0.15) is 18.1 Å². The molecule has 1 N–H and O–H groups in total. The summed E-state index contributed by atoms with van der Waals surface area (Å²) in [6.45, 7) is 5.31. The Morgan fingerprint density at radius 3 is 2.53 bits per heavy atom. The van der Waals surface area contributed by atoms with Crippen molar-refractivity contribution in [3.63, 3.8) is 0 Å². The lowest BCUT2D eigenvalue weighted by molar-refractivity contribution is 0.301. The first kappa shape index (κ1) is 24.8. The van der Waals surface area contributed by atoms with E-state index in [9.17, 15) is 8.42 Å². The minimum atomic E-state index is -3.25. The topological polar surface area (TPSA) is 84.0 Å². The number of methoxy groups -OCH3 is 1. The highest BCUT2D eigenvalue weighted by molar-refractivity contribution is 7.90. The molecule has 2 atom stereocenters. The second-order valence-corrected chi connectivity index (χ2v) is 12.2. The zero-order valence-corrected chi connectivity index (χ0v) is 22.1. The van der Waals surface area contributed by atoms with E-state index in [2.05, 4.69) is 16.3 Å². The molecular weight excluding hydrogens is 476 g/mol. The number of sulfonamides is 1. The van der Waals surface area contributed by atoms with Gasteiger partial charge in [0.2, 0.25) is 10.0 Å². The van der Waals surface area contributed by atoms with E-state index in [1.54, 1.807) is 14.2 Å². The summed E-state index contributed by atoms with van der Waals surface area (Å²) in [5, 5.41) is 3.71. The Labute approximate surface area is 213 Å². The lowest BCUT2D eigenvalue weighted by Gasteiger charge is -2.28. The average Bonchev–Trinajstić information content (AvgIpc) is 3.38. The molecule has 1 spiro atoms. The van der Waals surface area contributed by atoms with Crippen molar-refractivity contribution < 1.29 is 17.9 Å². The van der Waals surface area contributed by atoms with Gasteiger partial charge in [-0.1, -0.05) is 0 Å². The molecule has 192 valence electrons. The number of hydrogen-bond donors (Lipinski definition) is 1. The highest BCUT2D eigenvalue weighted by Crippen LogP contribution is 2.46. The molecule has 8 nitrogen and oxygen atoms in total. The quantitative estimate of drug-likeness (QED) is 0.488. The maximum Gasteiger partial charge on any atom is 0.217 e. The van der Waals surface area contributed by atoms with Crippen LogP contribution in [0.5, 0.6) is 11.5 Å². The molecule has 9 heteroatoms. The predicted octanol–water partition coefficient (Wildman–Crippen LogP) is 3.37. The lowest BCUT2D eigenvalue weighted by atomic mass is 9.84. The number of likely N-dealkylation sites (N-methyl/N-ethyl adjacent to an activating group) is 1. The molecule has 3 heterocycles. The molecule has 0 amide bonds. The van der Waals surface area contributed by atoms with Crippen LogP contribution in [0.3, 0.4) is 0 Å². The van der Waals surface area contributed by atoms with Gasteiger partial charge < -0.3 is 19.7 Å². The summed E-state index contributed by atoms with van der Waals surface area (Å²) in [5.41, 5.74) is 3.50. The Balaban J connectivity index is 1.52. The van der Waals surface area contributed by atoms with Crippen molar-refractivity contribution in [1.29, 1.82) is 0 Å². The van der Waals surface area contributed by atoms with Gasteiger partial charge >= 0.3 is 0 Å². The fourth-order valence-electron chi connectivity index (χ4n) is 5.53. The monoisotopic (exact) mass is 510 g/mol. The van der Waals surface area contributed by atoms with Crippen LogP contribution in [0.15, 0.2) is 48.5 Å². The van der Waals surface area contributed by atoms with Gasteiger partial charge in [-0.3, -0.25) is 0 Å². The van der Waals surface area contributed by atoms with Crippen molar-refractivity contribution in [3.05, 3.63) is 48.5 Å². The molecule has 2 unspecified atom stereocenters. The van der Waals surface area contributed by atoms with Gasteiger partial charge in [0.05, 0.1) is 23.6 Å². The van der Waals surface area contributed by atoms with Gasteiger partial charge in [-0.15, -0.1) is 0 Å². The van der Waals surface area contributed by atoms with E-state index in [1.807, 2.05) is 56.4 Å². The van der Waals surface area contributed by atoms with Crippen LogP contribution >= 0.6 is 0 Å². The Morgan fingerprint density at radius 2 is 1.86 bits per heavy atom. The number of rotatable bonds is 7. The number of nitrogens with zero attached hydrogens (tertiary/aromatic N) is 3. The minimum Gasteiger partial charge on any atom is -0.497 e. The highest BCUT2D eigenvalue weighted by atomic mass is 32.2. The smallest absolute Gasteiger partial charge is 0.217 e. The molecular formula is C27H34N4O4S. The highest BCUT2D eigenvalue weighted by Gasteiger charge is 2.55. The van der Waals surface area contributed by atoms with Gasteiger partial charge in [-0.25, -0.2) is 17.7 Å². The van der Waals surface area contributed by atoms with E-state index < -0.39 is 15.3 Å². The van der Waals surface area contributed by atoms with Crippen LogP contribution in [-0.2, 0) is 10.0 Å².